The monoisotopic (exact) mass is 133 g/mol. The third-order valence-corrected chi connectivity index (χ3v) is 2.06. The van der Waals surface area contributed by atoms with Crippen molar-refractivity contribution in [3.63, 3.8) is 0 Å². The third kappa shape index (κ3) is 0.906. The van der Waals surface area contributed by atoms with E-state index in [-0.39, 0.29) is 0 Å². The molecule has 0 N–H and O–H groups in total. The van der Waals surface area contributed by atoms with Crippen molar-refractivity contribution in [2.45, 2.75) is 6.42 Å². The maximum Gasteiger partial charge on any atom is 0.203 e. The number of rotatable bonds is 0. The van der Waals surface area contributed by atoms with Gasteiger partial charge in [-0.1, -0.05) is 5.47 Å². The van der Waals surface area contributed by atoms with Crippen LogP contribution in [-0.2, 0) is 0 Å². The van der Waals surface area contributed by atoms with Gasteiger partial charge in [0.25, 0.3) is 0 Å². The first-order valence-electron chi connectivity index (χ1n) is 3.64. The van der Waals surface area contributed by atoms with E-state index in [2.05, 4.69) is 24.2 Å². The fourth-order valence-corrected chi connectivity index (χ4v) is 1.41. The van der Waals surface area contributed by atoms with E-state index in [1.807, 2.05) is 6.11 Å². The molecule has 0 bridgehead atoms. The molecule has 2 rings (SSSR count). The lowest BCUT2D eigenvalue weighted by Crippen LogP contribution is -2.27. The van der Waals surface area contributed by atoms with Gasteiger partial charge in [-0.15, -0.1) is 0 Å². The number of nitrogens with zero attached hydrogens (tertiary/aromatic N) is 2. The van der Waals surface area contributed by atoms with Crippen molar-refractivity contribution in [3.8, 4) is 0 Å². The van der Waals surface area contributed by atoms with E-state index in [4.69, 9.17) is 0 Å². The molecule has 0 atom stereocenters. The van der Waals surface area contributed by atoms with Crippen molar-refractivity contribution in [3.05, 3.63) is 11.2 Å². The van der Waals surface area contributed by atoms with E-state index < -0.39 is 0 Å². The summed E-state index contributed by atoms with van der Waals surface area (Å²) in [5, 5.41) is 0. The van der Waals surface area contributed by atoms with Crippen LogP contribution in [0, 0.1) is 0 Å². The van der Waals surface area contributed by atoms with Gasteiger partial charge in [0.1, 0.15) is 0 Å². The summed E-state index contributed by atoms with van der Waals surface area (Å²) in [5.74, 6) is 0. The average molecular weight is 133 g/mol. The van der Waals surface area contributed by atoms with Gasteiger partial charge in [-0.25, -0.2) is 0 Å². The summed E-state index contributed by atoms with van der Waals surface area (Å²) >= 11 is 0. The van der Waals surface area contributed by atoms with Gasteiger partial charge in [0, 0.05) is 18.8 Å². The predicted octanol–water partition coefficient (Wildman–Crippen LogP) is 0.280. The van der Waals surface area contributed by atoms with E-state index >= 15 is 0 Å². The lowest BCUT2D eigenvalue weighted by molar-refractivity contribution is 0.352. The first-order chi connectivity index (χ1) is 4.86. The Hall–Kier alpha value is -0.565. The predicted molar refractivity (Wildman–Crippen MR) is 43.4 cm³/mol. The Bertz CT molecular complexity index is 208. The zero-order valence-corrected chi connectivity index (χ0v) is 6.17. The van der Waals surface area contributed by atoms with Crippen LogP contribution in [0.5, 0.6) is 0 Å². The van der Waals surface area contributed by atoms with Gasteiger partial charge in [-0.05, 0) is 19.6 Å². The molecule has 2 heterocycles. The van der Waals surface area contributed by atoms with E-state index in [1.54, 1.807) is 0 Å². The van der Waals surface area contributed by atoms with Crippen LogP contribution in [0.2, 0.25) is 0 Å². The van der Waals surface area contributed by atoms with Gasteiger partial charge in [0.05, 0.1) is 0 Å². The van der Waals surface area contributed by atoms with Crippen LogP contribution >= 0.6 is 0 Å². The maximum atomic E-state index is 4.27. The second-order valence-electron chi connectivity index (χ2n) is 2.90. The molecular formula is C7H10BN2. The van der Waals surface area contributed by atoms with Gasteiger partial charge in [-0.3, -0.25) is 4.99 Å². The van der Waals surface area contributed by atoms with E-state index in [0.717, 1.165) is 6.54 Å². The molecule has 0 fully saturated rings. The summed E-state index contributed by atoms with van der Waals surface area (Å²) in [7, 11) is 4.26. The molecule has 51 valence electrons. The van der Waals surface area contributed by atoms with Gasteiger partial charge in [0.15, 0.2) is 0 Å². The Labute approximate surface area is 61.9 Å². The van der Waals surface area contributed by atoms with Crippen LogP contribution in [0.3, 0.4) is 0 Å². The number of likely N-dealkylation sites (N-methyl/N-ethyl adjacent to an activating group) is 1. The van der Waals surface area contributed by atoms with Crippen LogP contribution < -0.4 is 0 Å². The largest absolute Gasteiger partial charge is 0.300 e. The van der Waals surface area contributed by atoms with Crippen molar-refractivity contribution in [2.24, 2.45) is 4.99 Å². The number of aliphatic imine (C=N–C) groups is 1. The second kappa shape index (κ2) is 2.24. The molecule has 2 aliphatic rings. The standard InChI is InChI=1S/C7H10BN2/c1-10-3-2-6-7(4-10)9-5-8-6/h5H,2-4H2,1H3. The van der Waals surface area contributed by atoms with Crippen molar-refractivity contribution in [2.75, 3.05) is 20.1 Å². The quantitative estimate of drug-likeness (QED) is 0.433. The molecule has 2 nitrogen and oxygen atoms in total. The van der Waals surface area contributed by atoms with Crippen LogP contribution in [0.25, 0.3) is 0 Å². The lowest BCUT2D eigenvalue weighted by atomic mass is 9.70. The maximum absolute atomic E-state index is 4.27. The van der Waals surface area contributed by atoms with Crippen molar-refractivity contribution in [1.82, 2.24) is 4.90 Å². The first kappa shape index (κ1) is 6.16. The molecule has 3 heteroatoms. The highest BCUT2D eigenvalue weighted by Gasteiger charge is 2.18. The molecule has 10 heavy (non-hydrogen) atoms. The average Bonchev–Trinajstić information content (AvgIpc) is 2.33. The third-order valence-electron chi connectivity index (χ3n) is 2.06. The molecule has 0 spiro atoms. The zero-order valence-electron chi connectivity index (χ0n) is 6.17. The van der Waals surface area contributed by atoms with E-state index in [9.17, 15) is 0 Å². The molecule has 0 amide bonds. The van der Waals surface area contributed by atoms with E-state index in [1.165, 1.54) is 24.1 Å². The molecule has 0 aromatic carbocycles. The molecule has 2 aliphatic heterocycles. The number of hydrogen-bond donors (Lipinski definition) is 0. The highest BCUT2D eigenvalue weighted by molar-refractivity contribution is 6.75. The fraction of sp³-hybridized carbons (Fsp3) is 0.571. The minimum absolute atomic E-state index is 1.03. The Morgan fingerprint density at radius 1 is 1.70 bits per heavy atom. The Balaban J connectivity index is 2.19. The number of hydrogen-bond acceptors (Lipinski definition) is 2. The normalized spacial score (nSPS) is 24.9. The van der Waals surface area contributed by atoms with Gasteiger partial charge < -0.3 is 4.90 Å². The van der Waals surface area contributed by atoms with Crippen molar-refractivity contribution >= 4 is 13.4 Å². The van der Waals surface area contributed by atoms with Gasteiger partial charge in [-0.2, -0.15) is 0 Å². The minimum Gasteiger partial charge on any atom is -0.300 e. The van der Waals surface area contributed by atoms with Crippen LogP contribution in [0.4, 0.5) is 0 Å². The Morgan fingerprint density at radius 3 is 3.50 bits per heavy atom. The SMILES string of the molecule is CN1CCC2=C(C1)N=C[B]2. The van der Waals surface area contributed by atoms with Crippen molar-refractivity contribution < 1.29 is 0 Å². The minimum atomic E-state index is 1.03. The molecule has 0 aromatic heterocycles. The smallest absolute Gasteiger partial charge is 0.203 e. The van der Waals surface area contributed by atoms with Crippen LogP contribution in [0.15, 0.2) is 16.2 Å². The van der Waals surface area contributed by atoms with Crippen LogP contribution in [0.1, 0.15) is 6.42 Å². The summed E-state index contributed by atoms with van der Waals surface area (Å²) in [6.07, 6.45) is 3.08. The van der Waals surface area contributed by atoms with Gasteiger partial charge in [0.2, 0.25) is 7.28 Å². The molecule has 0 saturated carbocycles. The van der Waals surface area contributed by atoms with Crippen molar-refractivity contribution in [1.29, 1.82) is 0 Å². The highest BCUT2D eigenvalue weighted by atomic mass is 15.1. The Kier molecular flexibility index (Phi) is 1.38. The fourth-order valence-electron chi connectivity index (χ4n) is 1.41. The highest BCUT2D eigenvalue weighted by Crippen LogP contribution is 2.19. The summed E-state index contributed by atoms with van der Waals surface area (Å²) < 4.78 is 0. The molecule has 0 unspecified atom stereocenters. The first-order valence-corrected chi connectivity index (χ1v) is 3.64. The molecule has 0 saturated heterocycles. The Morgan fingerprint density at radius 2 is 2.60 bits per heavy atom. The summed E-state index contributed by atoms with van der Waals surface area (Å²) in [6.45, 7) is 2.21. The summed E-state index contributed by atoms with van der Waals surface area (Å²) in [5.41, 5.74) is 2.71. The van der Waals surface area contributed by atoms with E-state index in [0.29, 0.717) is 0 Å². The molecule has 0 aliphatic carbocycles. The van der Waals surface area contributed by atoms with Crippen LogP contribution in [-0.4, -0.2) is 38.4 Å². The van der Waals surface area contributed by atoms with Gasteiger partial charge >= 0.3 is 0 Å². The summed E-state index contributed by atoms with van der Waals surface area (Å²) in [6, 6.07) is 0. The molecule has 0 aromatic rings. The second-order valence-corrected chi connectivity index (χ2v) is 2.90. The zero-order chi connectivity index (χ0) is 6.97. The lowest BCUT2D eigenvalue weighted by Gasteiger charge is -2.22. The topological polar surface area (TPSA) is 15.6 Å². The molecular weight excluding hydrogens is 123 g/mol. The molecule has 1 radical (unpaired) electrons. The summed E-state index contributed by atoms with van der Waals surface area (Å²) in [4.78, 5) is 6.57.